The van der Waals surface area contributed by atoms with Gasteiger partial charge in [-0.05, 0) is 44.4 Å². The van der Waals surface area contributed by atoms with E-state index < -0.39 is 0 Å². The maximum atomic E-state index is 12.3. The number of aliphatic hydroxyl groups excluding tert-OH is 1. The van der Waals surface area contributed by atoms with Crippen molar-refractivity contribution in [2.45, 2.75) is 44.6 Å². The Hall–Kier alpha value is -0.610. The molecule has 1 saturated carbocycles. The minimum absolute atomic E-state index is 0.211. The predicted molar refractivity (Wildman–Crippen MR) is 66.3 cm³/mol. The fraction of sp³-hybridized carbons (Fsp3) is 0.923. The van der Waals surface area contributed by atoms with E-state index in [2.05, 4.69) is 0 Å². The van der Waals surface area contributed by atoms with Crippen LogP contribution in [0.3, 0.4) is 0 Å². The predicted octanol–water partition coefficient (Wildman–Crippen LogP) is 0.735. The maximum absolute atomic E-state index is 12.3. The molecule has 1 aliphatic heterocycles. The molecule has 1 saturated heterocycles. The van der Waals surface area contributed by atoms with Gasteiger partial charge in [0.2, 0.25) is 5.91 Å². The number of nitrogens with zero attached hydrogens (tertiary/aromatic N) is 1. The van der Waals surface area contributed by atoms with Crippen molar-refractivity contribution in [1.29, 1.82) is 0 Å². The van der Waals surface area contributed by atoms with Crippen molar-refractivity contribution >= 4 is 5.91 Å². The van der Waals surface area contributed by atoms with Gasteiger partial charge in [0.05, 0.1) is 0 Å². The second-order valence-corrected chi connectivity index (χ2v) is 5.56. The highest BCUT2D eigenvalue weighted by molar-refractivity contribution is 5.79. The van der Waals surface area contributed by atoms with Gasteiger partial charge in [0.15, 0.2) is 0 Å². The van der Waals surface area contributed by atoms with E-state index in [1.54, 1.807) is 0 Å². The number of hydrogen-bond donors (Lipinski definition) is 2. The molecular weight excluding hydrogens is 216 g/mol. The van der Waals surface area contributed by atoms with Crippen LogP contribution in [0, 0.1) is 11.8 Å². The van der Waals surface area contributed by atoms with Gasteiger partial charge in [-0.25, -0.2) is 0 Å². The van der Waals surface area contributed by atoms with Crippen molar-refractivity contribution in [3.63, 3.8) is 0 Å². The third-order valence-corrected chi connectivity index (χ3v) is 4.26. The molecule has 1 aliphatic carbocycles. The van der Waals surface area contributed by atoms with Crippen molar-refractivity contribution < 1.29 is 9.90 Å². The van der Waals surface area contributed by atoms with Crippen molar-refractivity contribution in [3.8, 4) is 0 Å². The summed E-state index contributed by atoms with van der Waals surface area (Å²) in [5, 5.41) is 8.91. The summed E-state index contributed by atoms with van der Waals surface area (Å²) in [4.78, 5) is 14.3. The SMILES string of the molecule is NC1CCC(C(=O)N2CCC(CCO)C2)CC1. The number of aliphatic hydroxyl groups is 1. The number of carbonyl (C=O) groups is 1. The molecule has 0 aromatic carbocycles. The summed E-state index contributed by atoms with van der Waals surface area (Å²) in [5.74, 6) is 1.05. The van der Waals surface area contributed by atoms with Gasteiger partial charge < -0.3 is 15.7 Å². The Morgan fingerprint density at radius 1 is 1.24 bits per heavy atom. The molecule has 1 amide bonds. The number of carbonyl (C=O) groups excluding carboxylic acids is 1. The molecule has 4 heteroatoms. The summed E-state index contributed by atoms with van der Waals surface area (Å²) in [6.45, 7) is 1.97. The monoisotopic (exact) mass is 240 g/mol. The van der Waals surface area contributed by atoms with Crippen LogP contribution < -0.4 is 5.73 Å². The van der Waals surface area contributed by atoms with E-state index in [9.17, 15) is 4.79 Å². The molecule has 17 heavy (non-hydrogen) atoms. The minimum atomic E-state index is 0.211. The zero-order valence-electron chi connectivity index (χ0n) is 10.5. The summed E-state index contributed by atoms with van der Waals surface area (Å²) in [6.07, 6.45) is 5.79. The highest BCUT2D eigenvalue weighted by atomic mass is 16.3. The summed E-state index contributed by atoms with van der Waals surface area (Å²) >= 11 is 0. The lowest BCUT2D eigenvalue weighted by Gasteiger charge is -2.28. The van der Waals surface area contributed by atoms with Crippen LogP contribution in [-0.2, 0) is 4.79 Å². The van der Waals surface area contributed by atoms with E-state index in [1.165, 1.54) is 0 Å². The van der Waals surface area contributed by atoms with Crippen LogP contribution >= 0.6 is 0 Å². The molecular formula is C13H24N2O2. The number of rotatable bonds is 3. The van der Waals surface area contributed by atoms with Crippen molar-refractivity contribution in [2.24, 2.45) is 17.6 Å². The summed E-state index contributed by atoms with van der Waals surface area (Å²) in [7, 11) is 0. The quantitative estimate of drug-likeness (QED) is 0.764. The Labute approximate surface area is 103 Å². The van der Waals surface area contributed by atoms with Gasteiger partial charge in [-0.3, -0.25) is 4.79 Å². The van der Waals surface area contributed by atoms with Gasteiger partial charge >= 0.3 is 0 Å². The van der Waals surface area contributed by atoms with Crippen molar-refractivity contribution in [3.05, 3.63) is 0 Å². The fourth-order valence-electron chi connectivity index (χ4n) is 3.08. The van der Waals surface area contributed by atoms with Crippen LogP contribution in [0.2, 0.25) is 0 Å². The highest BCUT2D eigenvalue weighted by Gasteiger charge is 2.32. The lowest BCUT2D eigenvalue weighted by molar-refractivity contribution is -0.135. The van der Waals surface area contributed by atoms with Crippen molar-refractivity contribution in [1.82, 2.24) is 4.90 Å². The standard InChI is InChI=1S/C13H24N2O2/c14-12-3-1-11(2-4-12)13(17)15-7-5-10(9-15)6-8-16/h10-12,16H,1-9,14H2. The first-order chi connectivity index (χ1) is 8.20. The Morgan fingerprint density at radius 2 is 1.94 bits per heavy atom. The first kappa shape index (κ1) is 12.8. The molecule has 1 unspecified atom stereocenters. The number of nitrogens with two attached hydrogens (primary N) is 1. The van der Waals surface area contributed by atoms with Crippen LogP contribution in [0.25, 0.3) is 0 Å². The topological polar surface area (TPSA) is 66.6 Å². The van der Waals surface area contributed by atoms with E-state index in [0.717, 1.165) is 51.6 Å². The van der Waals surface area contributed by atoms with Gasteiger partial charge in [0, 0.05) is 31.7 Å². The number of hydrogen-bond acceptors (Lipinski definition) is 3. The fourth-order valence-corrected chi connectivity index (χ4v) is 3.08. The minimum Gasteiger partial charge on any atom is -0.396 e. The van der Waals surface area contributed by atoms with Crippen LogP contribution in [0.5, 0.6) is 0 Å². The van der Waals surface area contributed by atoms with Gasteiger partial charge in [0.1, 0.15) is 0 Å². The molecule has 98 valence electrons. The van der Waals surface area contributed by atoms with Crippen LogP contribution in [0.4, 0.5) is 0 Å². The summed E-state index contributed by atoms with van der Waals surface area (Å²) < 4.78 is 0. The average molecular weight is 240 g/mol. The zero-order chi connectivity index (χ0) is 12.3. The molecule has 2 aliphatic rings. The Balaban J connectivity index is 1.80. The van der Waals surface area contributed by atoms with E-state index >= 15 is 0 Å². The number of likely N-dealkylation sites (tertiary alicyclic amines) is 1. The van der Waals surface area contributed by atoms with Gasteiger partial charge in [0.25, 0.3) is 0 Å². The molecule has 2 fully saturated rings. The van der Waals surface area contributed by atoms with E-state index in [-0.39, 0.29) is 12.5 Å². The summed E-state index contributed by atoms with van der Waals surface area (Å²) in [5.41, 5.74) is 5.86. The Morgan fingerprint density at radius 3 is 2.59 bits per heavy atom. The molecule has 3 N–H and O–H groups in total. The molecule has 0 spiro atoms. The van der Waals surface area contributed by atoms with Gasteiger partial charge in [-0.1, -0.05) is 0 Å². The largest absolute Gasteiger partial charge is 0.396 e. The molecule has 0 aromatic heterocycles. The first-order valence-electron chi connectivity index (χ1n) is 6.86. The maximum Gasteiger partial charge on any atom is 0.225 e. The van der Waals surface area contributed by atoms with E-state index in [1.807, 2.05) is 4.90 Å². The Bertz CT molecular complexity index is 262. The molecule has 1 heterocycles. The zero-order valence-corrected chi connectivity index (χ0v) is 10.5. The molecule has 0 bridgehead atoms. The second-order valence-electron chi connectivity index (χ2n) is 5.56. The molecule has 0 radical (unpaired) electrons. The van der Waals surface area contributed by atoms with Crippen LogP contribution in [-0.4, -0.2) is 41.7 Å². The van der Waals surface area contributed by atoms with Crippen LogP contribution in [0.15, 0.2) is 0 Å². The average Bonchev–Trinajstić information content (AvgIpc) is 2.78. The van der Waals surface area contributed by atoms with E-state index in [4.69, 9.17) is 10.8 Å². The first-order valence-corrected chi connectivity index (χ1v) is 6.86. The normalized spacial score (nSPS) is 34.0. The number of amides is 1. The van der Waals surface area contributed by atoms with Gasteiger partial charge in [-0.2, -0.15) is 0 Å². The van der Waals surface area contributed by atoms with Crippen LogP contribution in [0.1, 0.15) is 38.5 Å². The second kappa shape index (κ2) is 5.83. The molecule has 2 rings (SSSR count). The Kier molecular flexibility index (Phi) is 4.40. The third-order valence-electron chi connectivity index (χ3n) is 4.26. The van der Waals surface area contributed by atoms with Gasteiger partial charge in [-0.15, -0.1) is 0 Å². The third kappa shape index (κ3) is 3.19. The molecule has 0 aromatic rings. The lowest BCUT2D eigenvalue weighted by atomic mass is 9.85. The molecule has 1 atom stereocenters. The van der Waals surface area contributed by atoms with Crippen molar-refractivity contribution in [2.75, 3.05) is 19.7 Å². The highest BCUT2D eigenvalue weighted by Crippen LogP contribution is 2.28. The molecule has 4 nitrogen and oxygen atoms in total. The summed E-state index contributed by atoms with van der Waals surface area (Å²) in [6, 6.07) is 0.305. The lowest BCUT2D eigenvalue weighted by Crippen LogP contribution is -2.38. The van der Waals surface area contributed by atoms with E-state index in [0.29, 0.717) is 17.9 Å². The smallest absolute Gasteiger partial charge is 0.225 e.